The van der Waals surface area contributed by atoms with Crippen LogP contribution in [0.2, 0.25) is 0 Å². The minimum absolute atomic E-state index is 0.351. The molecule has 0 saturated heterocycles. The standard InChI is InChI=1S/C15H23N3O/c16-10-9-14(19)6-2-1-5-13-8-7-12-4-3-11-17-15(12)18-13/h7-8,10,14,16,19H,1-6,9,11H2,(H,17,18). The van der Waals surface area contributed by atoms with E-state index in [4.69, 9.17) is 5.41 Å². The zero-order chi connectivity index (χ0) is 13.5. The minimum Gasteiger partial charge on any atom is -0.393 e. The van der Waals surface area contributed by atoms with Gasteiger partial charge in [-0.3, -0.25) is 0 Å². The number of aliphatic hydroxyl groups is 1. The molecule has 0 spiro atoms. The lowest BCUT2D eigenvalue weighted by molar-refractivity contribution is 0.169. The fourth-order valence-corrected chi connectivity index (χ4v) is 2.45. The molecule has 1 atom stereocenters. The van der Waals surface area contributed by atoms with Gasteiger partial charge < -0.3 is 15.8 Å². The van der Waals surface area contributed by atoms with Crippen LogP contribution in [0.5, 0.6) is 0 Å². The van der Waals surface area contributed by atoms with Crippen LogP contribution in [0, 0.1) is 5.41 Å². The number of pyridine rings is 1. The second-order valence-electron chi connectivity index (χ2n) is 5.18. The Kier molecular flexibility index (Phi) is 5.33. The summed E-state index contributed by atoms with van der Waals surface area (Å²) in [5, 5.41) is 19.8. The number of hydrogen-bond acceptors (Lipinski definition) is 4. The molecule has 0 fully saturated rings. The van der Waals surface area contributed by atoms with E-state index in [1.165, 1.54) is 18.2 Å². The molecule has 0 amide bonds. The van der Waals surface area contributed by atoms with E-state index in [0.29, 0.717) is 6.42 Å². The maximum Gasteiger partial charge on any atom is 0.129 e. The van der Waals surface area contributed by atoms with Crippen LogP contribution in [0.4, 0.5) is 5.82 Å². The van der Waals surface area contributed by atoms with Crippen molar-refractivity contribution in [3.8, 4) is 0 Å². The van der Waals surface area contributed by atoms with Crippen LogP contribution in [-0.4, -0.2) is 29.0 Å². The van der Waals surface area contributed by atoms with Crippen molar-refractivity contribution in [3.63, 3.8) is 0 Å². The van der Waals surface area contributed by atoms with Gasteiger partial charge in [-0.05, 0) is 49.9 Å². The zero-order valence-corrected chi connectivity index (χ0v) is 11.4. The Morgan fingerprint density at radius 3 is 3.16 bits per heavy atom. The fraction of sp³-hybridized carbons (Fsp3) is 0.600. The molecule has 0 radical (unpaired) electrons. The Balaban J connectivity index is 1.75. The quantitative estimate of drug-likeness (QED) is 0.522. The van der Waals surface area contributed by atoms with Gasteiger partial charge in [-0.1, -0.05) is 12.5 Å². The highest BCUT2D eigenvalue weighted by Crippen LogP contribution is 2.20. The van der Waals surface area contributed by atoms with Crippen molar-refractivity contribution in [2.45, 2.75) is 51.0 Å². The molecule has 19 heavy (non-hydrogen) atoms. The SMILES string of the molecule is N=CCC(O)CCCCc1ccc2c(n1)NCCC2. The van der Waals surface area contributed by atoms with E-state index < -0.39 is 0 Å². The summed E-state index contributed by atoms with van der Waals surface area (Å²) >= 11 is 0. The van der Waals surface area contributed by atoms with Gasteiger partial charge in [-0.2, -0.15) is 0 Å². The summed E-state index contributed by atoms with van der Waals surface area (Å²) in [6.07, 6.45) is 7.50. The predicted octanol–water partition coefficient (Wildman–Crippen LogP) is 2.55. The predicted molar refractivity (Wildman–Crippen MR) is 78.0 cm³/mol. The van der Waals surface area contributed by atoms with Crippen molar-refractivity contribution in [2.24, 2.45) is 0 Å². The van der Waals surface area contributed by atoms with E-state index in [1.54, 1.807) is 0 Å². The van der Waals surface area contributed by atoms with Gasteiger partial charge in [0.15, 0.2) is 0 Å². The maximum absolute atomic E-state index is 9.53. The number of rotatable bonds is 7. The first-order chi connectivity index (χ1) is 9.29. The molecule has 2 heterocycles. The van der Waals surface area contributed by atoms with Crippen LogP contribution in [0.3, 0.4) is 0 Å². The number of anilines is 1. The highest BCUT2D eigenvalue weighted by atomic mass is 16.3. The van der Waals surface area contributed by atoms with E-state index >= 15 is 0 Å². The van der Waals surface area contributed by atoms with E-state index in [1.807, 2.05) is 0 Å². The Bertz CT molecular complexity index is 420. The summed E-state index contributed by atoms with van der Waals surface area (Å²) in [4.78, 5) is 4.66. The number of unbranched alkanes of at least 4 members (excludes halogenated alkanes) is 1. The van der Waals surface area contributed by atoms with Gasteiger partial charge in [0, 0.05) is 18.7 Å². The van der Waals surface area contributed by atoms with E-state index in [9.17, 15) is 5.11 Å². The third kappa shape index (κ3) is 4.31. The normalized spacial score (nSPS) is 15.4. The van der Waals surface area contributed by atoms with Crippen molar-refractivity contribution < 1.29 is 5.11 Å². The van der Waals surface area contributed by atoms with Gasteiger partial charge in [-0.15, -0.1) is 0 Å². The lowest BCUT2D eigenvalue weighted by Crippen LogP contribution is -2.14. The third-order valence-electron chi connectivity index (χ3n) is 3.56. The van der Waals surface area contributed by atoms with Gasteiger partial charge in [0.05, 0.1) is 6.10 Å². The largest absolute Gasteiger partial charge is 0.393 e. The molecule has 1 aromatic rings. The van der Waals surface area contributed by atoms with Crippen LogP contribution in [0.1, 0.15) is 43.4 Å². The monoisotopic (exact) mass is 261 g/mol. The topological polar surface area (TPSA) is 69.0 Å². The van der Waals surface area contributed by atoms with Crippen molar-refractivity contribution in [3.05, 3.63) is 23.4 Å². The van der Waals surface area contributed by atoms with Gasteiger partial charge >= 0.3 is 0 Å². The molecule has 1 aromatic heterocycles. The second-order valence-corrected chi connectivity index (χ2v) is 5.18. The molecule has 1 aliphatic heterocycles. The number of aryl methyl sites for hydroxylation is 2. The number of nitrogens with one attached hydrogen (secondary N) is 2. The summed E-state index contributed by atoms with van der Waals surface area (Å²) in [5.41, 5.74) is 2.46. The first-order valence-corrected chi connectivity index (χ1v) is 7.19. The first kappa shape index (κ1) is 14.0. The van der Waals surface area contributed by atoms with Gasteiger partial charge in [0.1, 0.15) is 5.82 Å². The second kappa shape index (κ2) is 7.24. The fourth-order valence-electron chi connectivity index (χ4n) is 2.45. The van der Waals surface area contributed by atoms with Crippen LogP contribution >= 0.6 is 0 Å². The number of hydrogen-bond donors (Lipinski definition) is 3. The number of nitrogens with zero attached hydrogens (tertiary/aromatic N) is 1. The molecule has 3 N–H and O–H groups in total. The van der Waals surface area contributed by atoms with E-state index in [2.05, 4.69) is 22.4 Å². The molecule has 0 saturated carbocycles. The Hall–Kier alpha value is -1.42. The highest BCUT2D eigenvalue weighted by molar-refractivity contribution is 5.53. The average molecular weight is 261 g/mol. The lowest BCUT2D eigenvalue weighted by Gasteiger charge is -2.17. The maximum atomic E-state index is 9.53. The Morgan fingerprint density at radius 2 is 2.32 bits per heavy atom. The van der Waals surface area contributed by atoms with Crippen LogP contribution in [0.25, 0.3) is 0 Å². The van der Waals surface area contributed by atoms with Gasteiger partial charge in [-0.25, -0.2) is 4.98 Å². The van der Waals surface area contributed by atoms with Crippen molar-refractivity contribution in [1.29, 1.82) is 5.41 Å². The summed E-state index contributed by atoms with van der Waals surface area (Å²) in [6.45, 7) is 1.03. The molecule has 0 bridgehead atoms. The summed E-state index contributed by atoms with van der Waals surface area (Å²) < 4.78 is 0. The molecule has 1 unspecified atom stereocenters. The molecular weight excluding hydrogens is 238 g/mol. The molecule has 1 aliphatic rings. The van der Waals surface area contributed by atoms with E-state index in [-0.39, 0.29) is 6.10 Å². The number of aliphatic hydroxyl groups excluding tert-OH is 1. The average Bonchev–Trinajstić information content (AvgIpc) is 2.44. The van der Waals surface area contributed by atoms with Crippen molar-refractivity contribution in [2.75, 3.05) is 11.9 Å². The van der Waals surface area contributed by atoms with Crippen LogP contribution in [0.15, 0.2) is 12.1 Å². The molecule has 0 aliphatic carbocycles. The van der Waals surface area contributed by atoms with Crippen molar-refractivity contribution >= 4 is 12.0 Å². The highest BCUT2D eigenvalue weighted by Gasteiger charge is 2.10. The van der Waals surface area contributed by atoms with Gasteiger partial charge in [0.25, 0.3) is 0 Å². The van der Waals surface area contributed by atoms with Crippen LogP contribution in [-0.2, 0) is 12.8 Å². The molecule has 4 heteroatoms. The number of fused-ring (bicyclic) bond motifs is 1. The smallest absolute Gasteiger partial charge is 0.129 e. The third-order valence-corrected chi connectivity index (χ3v) is 3.56. The molecule has 0 aromatic carbocycles. The molecule has 104 valence electrons. The summed E-state index contributed by atoms with van der Waals surface area (Å²) in [6, 6.07) is 4.31. The van der Waals surface area contributed by atoms with Gasteiger partial charge in [0.2, 0.25) is 0 Å². The van der Waals surface area contributed by atoms with E-state index in [0.717, 1.165) is 50.2 Å². The summed E-state index contributed by atoms with van der Waals surface area (Å²) in [5.74, 6) is 1.06. The molecule has 4 nitrogen and oxygen atoms in total. The molecule has 2 rings (SSSR count). The van der Waals surface area contributed by atoms with Crippen molar-refractivity contribution in [1.82, 2.24) is 4.98 Å². The molecular formula is C15H23N3O. The first-order valence-electron chi connectivity index (χ1n) is 7.19. The summed E-state index contributed by atoms with van der Waals surface area (Å²) in [7, 11) is 0. The Morgan fingerprint density at radius 1 is 1.42 bits per heavy atom. The lowest BCUT2D eigenvalue weighted by atomic mass is 10.0. The minimum atomic E-state index is -0.351. The zero-order valence-electron chi connectivity index (χ0n) is 11.4. The van der Waals surface area contributed by atoms with Crippen LogP contribution < -0.4 is 5.32 Å². The Labute approximate surface area is 114 Å². The number of aromatic nitrogens is 1.